The summed E-state index contributed by atoms with van der Waals surface area (Å²) in [5.41, 5.74) is -0.637. The molecule has 0 bridgehead atoms. The van der Waals surface area contributed by atoms with Crippen molar-refractivity contribution in [3.63, 3.8) is 0 Å². The number of nitrogens with zero attached hydrogens (tertiary/aromatic N) is 1. The van der Waals surface area contributed by atoms with Gasteiger partial charge in [0.05, 0.1) is 6.54 Å². The average Bonchev–Trinajstić information content (AvgIpc) is 2.45. The van der Waals surface area contributed by atoms with Gasteiger partial charge in [-0.25, -0.2) is 4.79 Å². The first-order valence-corrected chi connectivity index (χ1v) is 5.27. The van der Waals surface area contributed by atoms with E-state index in [0.717, 1.165) is 32.1 Å². The van der Waals surface area contributed by atoms with Gasteiger partial charge >= 0.3 is 6.03 Å². The van der Waals surface area contributed by atoms with Crippen molar-refractivity contribution < 1.29 is 9.59 Å². The molecular formula is C11H14N2O2. The van der Waals surface area contributed by atoms with E-state index >= 15 is 0 Å². The van der Waals surface area contributed by atoms with Crippen molar-refractivity contribution in [1.29, 1.82) is 0 Å². The van der Waals surface area contributed by atoms with Crippen molar-refractivity contribution in [2.75, 3.05) is 6.54 Å². The standard InChI is InChI=1S/C11H14N2O2/c1-2-8-13-10(15)12-9(14)11(13)6-4-3-5-7-11/h1H,3-8H2,(H,12,14,15). The Bertz CT molecular complexity index is 337. The largest absolute Gasteiger partial charge is 0.325 e. The van der Waals surface area contributed by atoms with Gasteiger partial charge in [0.1, 0.15) is 5.54 Å². The van der Waals surface area contributed by atoms with Crippen molar-refractivity contribution in [2.45, 2.75) is 37.6 Å². The number of hydrogen-bond donors (Lipinski definition) is 1. The molecule has 0 radical (unpaired) electrons. The van der Waals surface area contributed by atoms with Gasteiger partial charge < -0.3 is 0 Å². The average molecular weight is 206 g/mol. The molecule has 0 aromatic rings. The topological polar surface area (TPSA) is 49.4 Å². The Morgan fingerprint density at radius 2 is 2.00 bits per heavy atom. The van der Waals surface area contributed by atoms with Gasteiger partial charge in [-0.3, -0.25) is 15.0 Å². The summed E-state index contributed by atoms with van der Waals surface area (Å²) in [5.74, 6) is 2.28. The van der Waals surface area contributed by atoms with Gasteiger partial charge in [0.2, 0.25) is 0 Å². The lowest BCUT2D eigenvalue weighted by atomic mass is 9.80. The van der Waals surface area contributed by atoms with E-state index in [1.54, 1.807) is 0 Å². The highest BCUT2D eigenvalue weighted by atomic mass is 16.2. The van der Waals surface area contributed by atoms with Gasteiger partial charge in [0.15, 0.2) is 0 Å². The molecule has 1 aliphatic heterocycles. The fourth-order valence-electron chi connectivity index (χ4n) is 2.55. The predicted octanol–water partition coefficient (Wildman–Crippen LogP) is 0.874. The molecule has 0 unspecified atom stereocenters. The van der Waals surface area contributed by atoms with Gasteiger partial charge in [0, 0.05) is 0 Å². The molecule has 4 heteroatoms. The first-order valence-electron chi connectivity index (χ1n) is 5.27. The van der Waals surface area contributed by atoms with Crippen LogP contribution in [0.5, 0.6) is 0 Å². The van der Waals surface area contributed by atoms with Crippen LogP contribution in [0.15, 0.2) is 0 Å². The zero-order valence-corrected chi connectivity index (χ0v) is 8.58. The molecule has 1 aliphatic carbocycles. The van der Waals surface area contributed by atoms with Gasteiger partial charge in [-0.1, -0.05) is 25.2 Å². The number of rotatable bonds is 1. The monoisotopic (exact) mass is 206 g/mol. The van der Waals surface area contributed by atoms with Crippen molar-refractivity contribution in [3.05, 3.63) is 0 Å². The fraction of sp³-hybridized carbons (Fsp3) is 0.636. The van der Waals surface area contributed by atoms with Crippen LogP contribution in [0, 0.1) is 12.3 Å². The van der Waals surface area contributed by atoms with E-state index in [1.807, 2.05) is 0 Å². The highest BCUT2D eigenvalue weighted by molar-refractivity contribution is 6.07. The summed E-state index contributed by atoms with van der Waals surface area (Å²) >= 11 is 0. The molecule has 80 valence electrons. The fourth-order valence-corrected chi connectivity index (χ4v) is 2.55. The Kier molecular flexibility index (Phi) is 2.39. The maximum atomic E-state index is 11.8. The minimum absolute atomic E-state index is 0.164. The molecule has 1 spiro atoms. The van der Waals surface area contributed by atoms with Gasteiger partial charge in [-0.2, -0.15) is 0 Å². The number of carbonyl (C=O) groups excluding carboxylic acids is 2. The molecule has 2 aliphatic rings. The summed E-state index contributed by atoms with van der Waals surface area (Å²) in [4.78, 5) is 24.9. The third-order valence-electron chi connectivity index (χ3n) is 3.34. The van der Waals surface area contributed by atoms with E-state index in [2.05, 4.69) is 11.2 Å². The van der Waals surface area contributed by atoms with E-state index in [9.17, 15) is 9.59 Å². The number of nitrogens with one attached hydrogen (secondary N) is 1. The van der Waals surface area contributed by atoms with E-state index < -0.39 is 5.54 Å². The summed E-state index contributed by atoms with van der Waals surface area (Å²) in [6, 6.07) is -0.333. The van der Waals surface area contributed by atoms with Crippen LogP contribution in [0.3, 0.4) is 0 Å². The molecule has 0 aromatic heterocycles. The molecule has 1 N–H and O–H groups in total. The lowest BCUT2D eigenvalue weighted by Gasteiger charge is -2.37. The Balaban J connectivity index is 2.29. The Morgan fingerprint density at radius 1 is 1.33 bits per heavy atom. The Labute approximate surface area is 89.0 Å². The normalized spacial score (nSPS) is 24.1. The summed E-state index contributed by atoms with van der Waals surface area (Å²) in [6.45, 7) is 0.220. The highest BCUT2D eigenvalue weighted by Crippen LogP contribution is 2.36. The molecule has 0 aromatic carbocycles. The summed E-state index contributed by atoms with van der Waals surface area (Å²) in [6.07, 6.45) is 9.82. The van der Waals surface area contributed by atoms with E-state index in [1.165, 1.54) is 4.90 Å². The van der Waals surface area contributed by atoms with Crippen LogP contribution in [-0.4, -0.2) is 28.9 Å². The predicted molar refractivity (Wildman–Crippen MR) is 54.9 cm³/mol. The van der Waals surface area contributed by atoms with Crippen LogP contribution in [0.2, 0.25) is 0 Å². The van der Waals surface area contributed by atoms with E-state index in [0.29, 0.717) is 0 Å². The molecule has 1 saturated carbocycles. The number of hydrogen-bond acceptors (Lipinski definition) is 2. The molecule has 2 fully saturated rings. The number of carbonyl (C=O) groups is 2. The van der Waals surface area contributed by atoms with Crippen molar-refractivity contribution in [3.8, 4) is 12.3 Å². The van der Waals surface area contributed by atoms with Crippen LogP contribution in [0.25, 0.3) is 0 Å². The molecule has 0 atom stereocenters. The van der Waals surface area contributed by atoms with Gasteiger partial charge in [-0.05, 0) is 12.8 Å². The minimum atomic E-state index is -0.637. The zero-order valence-electron chi connectivity index (χ0n) is 8.58. The van der Waals surface area contributed by atoms with Crippen LogP contribution >= 0.6 is 0 Å². The number of imide groups is 1. The summed E-state index contributed by atoms with van der Waals surface area (Å²) in [7, 11) is 0. The maximum Gasteiger partial charge on any atom is 0.325 e. The summed E-state index contributed by atoms with van der Waals surface area (Å²) < 4.78 is 0. The van der Waals surface area contributed by atoms with Crippen molar-refractivity contribution in [2.24, 2.45) is 0 Å². The second kappa shape index (κ2) is 3.58. The number of terminal acetylenes is 1. The molecule has 3 amide bonds. The SMILES string of the molecule is C#CCN1C(=O)NC(=O)C12CCCCC2. The van der Waals surface area contributed by atoms with Gasteiger partial charge in [-0.15, -0.1) is 6.42 Å². The summed E-state index contributed by atoms with van der Waals surface area (Å²) in [5, 5.41) is 2.36. The number of urea groups is 1. The first-order chi connectivity index (χ1) is 7.20. The Morgan fingerprint density at radius 3 is 2.60 bits per heavy atom. The van der Waals surface area contributed by atoms with E-state index in [-0.39, 0.29) is 18.5 Å². The molecule has 4 nitrogen and oxygen atoms in total. The molecule has 15 heavy (non-hydrogen) atoms. The first kappa shape index (κ1) is 10.0. The van der Waals surface area contributed by atoms with Crippen LogP contribution < -0.4 is 5.32 Å². The maximum absolute atomic E-state index is 11.8. The number of amides is 3. The van der Waals surface area contributed by atoms with Gasteiger partial charge in [0.25, 0.3) is 5.91 Å². The molecular weight excluding hydrogens is 192 g/mol. The highest BCUT2D eigenvalue weighted by Gasteiger charge is 2.52. The smallest absolute Gasteiger partial charge is 0.299 e. The second-order valence-electron chi connectivity index (χ2n) is 4.14. The zero-order chi connectivity index (χ0) is 10.9. The minimum Gasteiger partial charge on any atom is -0.299 e. The van der Waals surface area contributed by atoms with Crippen LogP contribution in [0.4, 0.5) is 4.79 Å². The Hall–Kier alpha value is -1.50. The van der Waals surface area contributed by atoms with E-state index in [4.69, 9.17) is 6.42 Å². The molecule has 1 heterocycles. The lowest BCUT2D eigenvalue weighted by Crippen LogP contribution is -2.51. The van der Waals surface area contributed by atoms with Crippen molar-refractivity contribution in [1.82, 2.24) is 10.2 Å². The lowest BCUT2D eigenvalue weighted by molar-refractivity contribution is -0.128. The van der Waals surface area contributed by atoms with Crippen LogP contribution in [0.1, 0.15) is 32.1 Å². The molecule has 1 saturated heterocycles. The third-order valence-corrected chi connectivity index (χ3v) is 3.34. The van der Waals surface area contributed by atoms with Crippen LogP contribution in [-0.2, 0) is 4.79 Å². The molecule has 2 rings (SSSR count). The third kappa shape index (κ3) is 1.39. The van der Waals surface area contributed by atoms with Crippen molar-refractivity contribution >= 4 is 11.9 Å². The second-order valence-corrected chi connectivity index (χ2v) is 4.14. The quantitative estimate of drug-likeness (QED) is 0.511.